The van der Waals surface area contributed by atoms with Gasteiger partial charge in [0.1, 0.15) is 0 Å². The zero-order chi connectivity index (χ0) is 9.00. The average molecular weight is 307 g/mol. The summed E-state index contributed by atoms with van der Waals surface area (Å²) >= 11 is 0. The minimum atomic E-state index is -4.67. The van der Waals surface area contributed by atoms with Crippen molar-refractivity contribution in [1.29, 1.82) is 4.78 Å². The van der Waals surface area contributed by atoms with Gasteiger partial charge in [-0.25, -0.2) is 5.14 Å². The Labute approximate surface area is 82.5 Å². The molecule has 0 atom stereocenters. The van der Waals surface area contributed by atoms with Crippen molar-refractivity contribution < 1.29 is 26.3 Å². The number of nitrogens with one attached hydrogen (secondary N) is 1. The van der Waals surface area contributed by atoms with E-state index in [0.717, 1.165) is 0 Å². The largest absolute Gasteiger partial charge is 0.775 e. The van der Waals surface area contributed by atoms with Crippen LogP contribution in [0.2, 0.25) is 0 Å². The molecular formula is H4InN2O6S2-2. The van der Waals surface area contributed by atoms with Crippen molar-refractivity contribution in [3.63, 3.8) is 0 Å². The maximum Gasteiger partial charge on any atom is 0.330 e. The maximum absolute atomic E-state index is 8.97. The predicted octanol–water partition coefficient (Wildman–Crippen LogP) is -2.34. The third-order valence-electron chi connectivity index (χ3n) is 0. The molecule has 8 nitrogen and oxygen atoms in total. The Bertz CT molecular complexity index is 215. The molecule has 0 rings (SSSR count). The monoisotopic (exact) mass is 307 g/mol. The molecule has 0 heterocycles. The second-order valence-corrected chi connectivity index (χ2v) is 2.91. The van der Waals surface area contributed by atoms with Crippen LogP contribution in [0.3, 0.4) is 0 Å². The SMILES string of the molecule is N=S(=O)([O-])[O-].NS(=O)(=O)O.[In]. The van der Waals surface area contributed by atoms with Crippen LogP contribution >= 0.6 is 0 Å². The second-order valence-electron chi connectivity index (χ2n) is 0.969. The van der Waals surface area contributed by atoms with Gasteiger partial charge in [0.15, 0.2) is 0 Å². The van der Waals surface area contributed by atoms with E-state index in [0.29, 0.717) is 0 Å². The Balaban J connectivity index is -0.000000107. The number of nitrogens with two attached hydrogens (primary N) is 1. The van der Waals surface area contributed by atoms with E-state index < -0.39 is 20.6 Å². The van der Waals surface area contributed by atoms with Crippen LogP contribution in [0.25, 0.3) is 0 Å². The van der Waals surface area contributed by atoms with Gasteiger partial charge in [-0.1, -0.05) is 10.3 Å². The molecule has 11 heavy (non-hydrogen) atoms. The van der Waals surface area contributed by atoms with Gasteiger partial charge in [-0.15, -0.1) is 0 Å². The summed E-state index contributed by atoms with van der Waals surface area (Å²) in [7, 11) is -8.83. The van der Waals surface area contributed by atoms with E-state index in [-0.39, 0.29) is 25.8 Å². The van der Waals surface area contributed by atoms with Gasteiger partial charge < -0.3 is 9.11 Å². The van der Waals surface area contributed by atoms with Crippen LogP contribution in [0, 0.1) is 4.78 Å². The fourth-order valence-corrected chi connectivity index (χ4v) is 0. The van der Waals surface area contributed by atoms with Crippen LogP contribution in [0.15, 0.2) is 0 Å². The first-order chi connectivity index (χ1) is 4.00. The Morgan fingerprint density at radius 3 is 1.27 bits per heavy atom. The summed E-state index contributed by atoms with van der Waals surface area (Å²) in [4.78, 5) is 0. The van der Waals surface area contributed by atoms with Crippen LogP contribution in [0.1, 0.15) is 0 Å². The topological polar surface area (TPSA) is 167 Å². The third-order valence-corrected chi connectivity index (χ3v) is 0. The number of hydrogen-bond donors (Lipinski definition) is 3. The summed E-state index contributed by atoms with van der Waals surface area (Å²) in [5.41, 5.74) is 0. The molecule has 0 aliphatic carbocycles. The summed E-state index contributed by atoms with van der Waals surface area (Å²) in [6, 6.07) is 0. The summed E-state index contributed by atoms with van der Waals surface area (Å²) in [5, 5.41) is 3.88. The molecule has 0 spiro atoms. The zero-order valence-electron chi connectivity index (χ0n) is 4.96. The molecule has 67 valence electrons. The Kier molecular flexibility index (Phi) is 9.88. The fraction of sp³-hybridized carbons (Fsp3) is 0. The molecule has 0 saturated heterocycles. The van der Waals surface area contributed by atoms with Crippen LogP contribution in [-0.2, 0) is 20.6 Å². The number of hydrogen-bond acceptors (Lipinski definition) is 6. The van der Waals surface area contributed by atoms with Crippen molar-refractivity contribution in [2.75, 3.05) is 0 Å². The molecule has 0 saturated carbocycles. The standard InChI is InChI=1S/In.2H3NO3S/c;2*1-5(2,3)4/h;2*(H3,1,2,3,4)/p-2. The first kappa shape index (κ1) is 17.6. The molecule has 3 radical (unpaired) electrons. The summed E-state index contributed by atoms with van der Waals surface area (Å²) in [5.74, 6) is 0. The van der Waals surface area contributed by atoms with Crippen LogP contribution < -0.4 is 5.14 Å². The van der Waals surface area contributed by atoms with E-state index in [2.05, 4.69) is 5.14 Å². The van der Waals surface area contributed by atoms with E-state index in [1.165, 1.54) is 0 Å². The molecule has 0 fully saturated rings. The van der Waals surface area contributed by atoms with E-state index in [4.69, 9.17) is 31.1 Å². The predicted molar refractivity (Wildman–Crippen MR) is 33.9 cm³/mol. The minimum absolute atomic E-state index is 0. The molecule has 0 aliphatic rings. The Hall–Kier alpha value is 0.610. The van der Waals surface area contributed by atoms with Gasteiger partial charge in [0.25, 0.3) is 0 Å². The number of rotatable bonds is 0. The molecular weight excluding hydrogens is 303 g/mol. The van der Waals surface area contributed by atoms with Crippen molar-refractivity contribution in [1.82, 2.24) is 0 Å². The third kappa shape index (κ3) is 2110. The van der Waals surface area contributed by atoms with Crippen molar-refractivity contribution in [3.8, 4) is 0 Å². The summed E-state index contributed by atoms with van der Waals surface area (Å²) in [6.07, 6.45) is 0. The molecule has 0 aromatic heterocycles. The van der Waals surface area contributed by atoms with Crippen molar-refractivity contribution >= 4 is 46.4 Å². The van der Waals surface area contributed by atoms with Crippen molar-refractivity contribution in [2.24, 2.45) is 5.14 Å². The molecule has 0 amide bonds. The van der Waals surface area contributed by atoms with Gasteiger partial charge in [0.05, 0.1) is 0 Å². The molecule has 11 heteroatoms. The molecule has 0 aromatic carbocycles. The van der Waals surface area contributed by atoms with Gasteiger partial charge in [0, 0.05) is 25.8 Å². The van der Waals surface area contributed by atoms with Gasteiger partial charge in [-0.05, 0) is 0 Å². The van der Waals surface area contributed by atoms with Gasteiger partial charge >= 0.3 is 10.3 Å². The van der Waals surface area contributed by atoms with Crippen LogP contribution in [0.4, 0.5) is 0 Å². The van der Waals surface area contributed by atoms with Crippen LogP contribution in [0.5, 0.6) is 0 Å². The van der Waals surface area contributed by atoms with E-state index in [1.807, 2.05) is 0 Å². The smallest absolute Gasteiger partial charge is 0.330 e. The zero-order valence-corrected chi connectivity index (χ0v) is 9.89. The van der Waals surface area contributed by atoms with E-state index in [1.54, 1.807) is 0 Å². The first-order valence-corrected chi connectivity index (χ1v) is 4.37. The maximum atomic E-state index is 8.97. The Morgan fingerprint density at radius 1 is 1.27 bits per heavy atom. The van der Waals surface area contributed by atoms with Crippen molar-refractivity contribution in [2.45, 2.75) is 0 Å². The Morgan fingerprint density at radius 2 is 1.27 bits per heavy atom. The second kappa shape index (κ2) is 6.16. The molecule has 0 aliphatic heterocycles. The molecule has 0 bridgehead atoms. The van der Waals surface area contributed by atoms with E-state index in [9.17, 15) is 0 Å². The quantitative estimate of drug-likeness (QED) is 0.424. The minimum Gasteiger partial charge on any atom is -0.775 e. The summed E-state index contributed by atoms with van der Waals surface area (Å²) < 4.78 is 56.8. The average Bonchev–Trinajstić information content (AvgIpc) is 1.12. The molecule has 4 N–H and O–H groups in total. The van der Waals surface area contributed by atoms with Crippen LogP contribution in [-0.4, -0.2) is 52.1 Å². The van der Waals surface area contributed by atoms with Gasteiger partial charge in [0.2, 0.25) is 0 Å². The summed E-state index contributed by atoms with van der Waals surface area (Å²) in [6.45, 7) is 0. The van der Waals surface area contributed by atoms with Gasteiger partial charge in [-0.2, -0.15) is 8.42 Å². The van der Waals surface area contributed by atoms with E-state index >= 15 is 0 Å². The normalized spacial score (nSPS) is 10.5. The fourth-order valence-electron chi connectivity index (χ4n) is 0. The van der Waals surface area contributed by atoms with Crippen molar-refractivity contribution in [3.05, 3.63) is 0 Å². The molecule has 0 aromatic rings. The molecule has 0 unspecified atom stereocenters. The first-order valence-electron chi connectivity index (χ1n) is 1.46. The van der Waals surface area contributed by atoms with Gasteiger partial charge in [-0.3, -0.25) is 13.5 Å².